The van der Waals surface area contributed by atoms with Gasteiger partial charge in [0.05, 0.1) is 13.0 Å². The van der Waals surface area contributed by atoms with Crippen LogP contribution in [0.15, 0.2) is 36.4 Å². The Balaban J connectivity index is 0.000000351. The summed E-state index contributed by atoms with van der Waals surface area (Å²) < 4.78 is 9.12. The Morgan fingerprint density at radius 1 is 0.958 bits per heavy atom. The molecule has 6 nitrogen and oxygen atoms in total. The molecule has 0 bridgehead atoms. The van der Waals surface area contributed by atoms with Crippen molar-refractivity contribution in [1.29, 1.82) is 0 Å². The van der Waals surface area contributed by atoms with Crippen molar-refractivity contribution >= 4 is 28.7 Å². The van der Waals surface area contributed by atoms with Gasteiger partial charge in [0.15, 0.2) is 0 Å². The van der Waals surface area contributed by atoms with Gasteiger partial charge in [0.2, 0.25) is 0 Å². The van der Waals surface area contributed by atoms with Crippen molar-refractivity contribution in [2.75, 3.05) is 7.11 Å². The fourth-order valence-corrected chi connectivity index (χ4v) is 1.98. The second-order valence-electron chi connectivity index (χ2n) is 5.12. The maximum Gasteiger partial charge on any atom is 0.310 e. The van der Waals surface area contributed by atoms with E-state index >= 15 is 0 Å². The van der Waals surface area contributed by atoms with E-state index in [1.165, 1.54) is 13.8 Å². The van der Waals surface area contributed by atoms with Gasteiger partial charge in [-0.2, -0.15) is 0 Å². The zero-order valence-corrected chi connectivity index (χ0v) is 14.0. The molecule has 0 saturated carbocycles. The summed E-state index contributed by atoms with van der Waals surface area (Å²) in [6.45, 7) is 4.05. The average Bonchev–Trinajstić information content (AvgIpc) is 2.52. The Hall–Kier alpha value is -2.89. The summed E-state index contributed by atoms with van der Waals surface area (Å²) >= 11 is 0. The van der Waals surface area contributed by atoms with Crippen LogP contribution in [0.1, 0.15) is 32.3 Å². The highest BCUT2D eigenvalue weighted by atomic mass is 16.6. The van der Waals surface area contributed by atoms with Crippen molar-refractivity contribution in [3.8, 4) is 5.75 Å². The van der Waals surface area contributed by atoms with Crippen LogP contribution in [0, 0.1) is 0 Å². The summed E-state index contributed by atoms with van der Waals surface area (Å²) in [6, 6.07) is 11.4. The molecule has 24 heavy (non-hydrogen) atoms. The number of carbonyl (C=O) groups excluding carboxylic acids is 2. The average molecular weight is 332 g/mol. The SMILES string of the molecule is CC(=O)OC(C)=O.COc1ccc2cc([C@H](C)C(=O)O)ccc2c1. The molecule has 2 aromatic carbocycles. The number of rotatable bonds is 3. The van der Waals surface area contributed by atoms with Crippen LogP contribution in [-0.4, -0.2) is 30.1 Å². The van der Waals surface area contributed by atoms with Crippen LogP contribution >= 0.6 is 0 Å². The monoisotopic (exact) mass is 332 g/mol. The van der Waals surface area contributed by atoms with Crippen LogP contribution in [0.25, 0.3) is 10.8 Å². The number of hydrogen-bond donors (Lipinski definition) is 1. The van der Waals surface area contributed by atoms with Gasteiger partial charge in [-0.15, -0.1) is 0 Å². The number of esters is 2. The van der Waals surface area contributed by atoms with E-state index in [9.17, 15) is 14.4 Å². The van der Waals surface area contributed by atoms with Gasteiger partial charge in [0, 0.05) is 13.8 Å². The van der Waals surface area contributed by atoms with Gasteiger partial charge in [-0.05, 0) is 35.4 Å². The van der Waals surface area contributed by atoms with E-state index in [2.05, 4.69) is 4.74 Å². The van der Waals surface area contributed by atoms with Gasteiger partial charge in [0.1, 0.15) is 5.75 Å². The number of ether oxygens (including phenoxy) is 2. The summed E-state index contributed by atoms with van der Waals surface area (Å²) in [5.74, 6) is -1.61. The molecule has 6 heteroatoms. The molecule has 2 aromatic rings. The molecule has 0 amide bonds. The summed E-state index contributed by atoms with van der Waals surface area (Å²) in [5, 5.41) is 11.0. The molecule has 128 valence electrons. The molecule has 0 aliphatic heterocycles. The second-order valence-corrected chi connectivity index (χ2v) is 5.12. The minimum atomic E-state index is -0.808. The Labute approximate surface area is 140 Å². The highest BCUT2D eigenvalue weighted by Crippen LogP contribution is 2.25. The van der Waals surface area contributed by atoms with Crippen molar-refractivity contribution in [1.82, 2.24) is 0 Å². The zero-order valence-electron chi connectivity index (χ0n) is 14.0. The van der Waals surface area contributed by atoms with Gasteiger partial charge >= 0.3 is 17.9 Å². The third kappa shape index (κ3) is 5.72. The molecule has 0 saturated heterocycles. The van der Waals surface area contributed by atoms with Crippen LogP contribution < -0.4 is 4.74 Å². The summed E-state index contributed by atoms with van der Waals surface area (Å²) in [4.78, 5) is 30.5. The molecule has 0 aromatic heterocycles. The Bertz CT molecular complexity index is 738. The molecule has 1 N–H and O–H groups in total. The third-order valence-corrected chi connectivity index (χ3v) is 3.23. The maximum atomic E-state index is 10.9. The first-order valence-electron chi connectivity index (χ1n) is 7.24. The third-order valence-electron chi connectivity index (χ3n) is 3.23. The van der Waals surface area contributed by atoms with E-state index in [4.69, 9.17) is 9.84 Å². The standard InChI is InChI=1S/C14H14O3.C4H6O3/c1-9(14(15)16)10-3-4-12-8-13(17-2)6-5-11(12)7-10;1-3(5)7-4(2)6/h3-9H,1-2H3,(H,15,16);1-2H3/t9-;/m0./s1. The van der Waals surface area contributed by atoms with Gasteiger partial charge in [-0.1, -0.05) is 24.3 Å². The van der Waals surface area contributed by atoms with E-state index in [0.717, 1.165) is 22.1 Å². The van der Waals surface area contributed by atoms with E-state index in [1.54, 1.807) is 14.0 Å². The van der Waals surface area contributed by atoms with Gasteiger partial charge in [-0.25, -0.2) is 0 Å². The first kappa shape index (κ1) is 19.2. The lowest BCUT2D eigenvalue weighted by molar-refractivity contribution is -0.156. The van der Waals surface area contributed by atoms with Crippen LogP contribution in [-0.2, 0) is 19.1 Å². The second kappa shape index (κ2) is 8.67. The van der Waals surface area contributed by atoms with E-state index in [1.807, 2.05) is 36.4 Å². The highest BCUT2D eigenvalue weighted by Gasteiger charge is 2.13. The predicted molar refractivity (Wildman–Crippen MR) is 89.0 cm³/mol. The van der Waals surface area contributed by atoms with E-state index in [-0.39, 0.29) is 0 Å². The number of methoxy groups -OCH3 is 1. The number of hydrogen-bond acceptors (Lipinski definition) is 5. The topological polar surface area (TPSA) is 89.9 Å². The van der Waals surface area contributed by atoms with Crippen molar-refractivity contribution in [2.45, 2.75) is 26.7 Å². The van der Waals surface area contributed by atoms with Crippen molar-refractivity contribution in [3.63, 3.8) is 0 Å². The Kier molecular flexibility index (Phi) is 6.92. The first-order valence-corrected chi connectivity index (χ1v) is 7.24. The van der Waals surface area contributed by atoms with Gasteiger partial charge in [-0.3, -0.25) is 14.4 Å². The summed E-state index contributed by atoms with van der Waals surface area (Å²) in [6.07, 6.45) is 0. The predicted octanol–water partition coefficient (Wildman–Crippen LogP) is 3.13. The summed E-state index contributed by atoms with van der Waals surface area (Å²) in [7, 11) is 1.63. The Morgan fingerprint density at radius 3 is 1.96 bits per heavy atom. The van der Waals surface area contributed by atoms with Crippen molar-refractivity contribution < 1.29 is 29.0 Å². The largest absolute Gasteiger partial charge is 0.497 e. The fraction of sp³-hybridized carbons (Fsp3) is 0.278. The number of benzene rings is 2. The fourth-order valence-electron chi connectivity index (χ4n) is 1.98. The molecular weight excluding hydrogens is 312 g/mol. The van der Waals surface area contributed by atoms with Crippen molar-refractivity contribution in [3.05, 3.63) is 42.0 Å². The number of carbonyl (C=O) groups is 3. The molecule has 0 fully saturated rings. The Morgan fingerprint density at radius 2 is 1.50 bits per heavy atom. The number of fused-ring (bicyclic) bond motifs is 1. The van der Waals surface area contributed by atoms with Crippen LogP contribution in [0.5, 0.6) is 5.75 Å². The zero-order chi connectivity index (χ0) is 18.3. The summed E-state index contributed by atoms with van der Waals surface area (Å²) in [5.41, 5.74) is 0.815. The molecule has 0 spiro atoms. The molecule has 0 aliphatic carbocycles. The molecule has 0 radical (unpaired) electrons. The highest BCUT2D eigenvalue weighted by molar-refractivity contribution is 5.86. The van der Waals surface area contributed by atoms with Gasteiger partial charge in [0.25, 0.3) is 0 Å². The maximum absolute atomic E-state index is 10.9. The molecule has 0 heterocycles. The first-order chi connectivity index (χ1) is 11.2. The number of carboxylic acids is 1. The number of aliphatic carboxylic acids is 1. The lowest BCUT2D eigenvalue weighted by Crippen LogP contribution is -2.06. The van der Waals surface area contributed by atoms with Crippen LogP contribution in [0.4, 0.5) is 0 Å². The van der Waals surface area contributed by atoms with E-state index < -0.39 is 23.8 Å². The molecule has 0 aliphatic rings. The van der Waals surface area contributed by atoms with Crippen LogP contribution in [0.3, 0.4) is 0 Å². The lowest BCUT2D eigenvalue weighted by Gasteiger charge is -2.08. The smallest absolute Gasteiger partial charge is 0.310 e. The molecule has 1 atom stereocenters. The molecular formula is C18H20O6. The minimum Gasteiger partial charge on any atom is -0.497 e. The van der Waals surface area contributed by atoms with Crippen molar-refractivity contribution in [2.24, 2.45) is 0 Å². The quantitative estimate of drug-likeness (QED) is 0.686. The van der Waals surface area contributed by atoms with E-state index in [0.29, 0.717) is 0 Å². The van der Waals surface area contributed by atoms with Gasteiger partial charge < -0.3 is 14.6 Å². The minimum absolute atomic E-state index is 0.485. The number of carboxylic acid groups (broad SMARTS) is 1. The normalized spacial score (nSPS) is 11.0. The molecule has 0 unspecified atom stereocenters. The molecule has 2 rings (SSSR count). The van der Waals surface area contributed by atoms with Crippen LogP contribution in [0.2, 0.25) is 0 Å². The lowest BCUT2D eigenvalue weighted by atomic mass is 9.98.